The first-order valence-electron chi connectivity index (χ1n) is 6.33. The summed E-state index contributed by atoms with van der Waals surface area (Å²) in [5.74, 6) is 0.464. The maximum absolute atomic E-state index is 13.5. The standard InChI is InChI=1S/C16H13FN2O2/c1-20-15-9-16(13(18)8-12(15)17)21-11-5-4-10-3-2-6-19-14(10)7-11/h2-9H,18H2,1H3. The summed E-state index contributed by atoms with van der Waals surface area (Å²) in [5.41, 5.74) is 6.78. The van der Waals surface area contributed by atoms with Crippen LogP contribution in [0.2, 0.25) is 0 Å². The highest BCUT2D eigenvalue weighted by Gasteiger charge is 2.10. The third kappa shape index (κ3) is 2.58. The molecule has 0 fully saturated rings. The van der Waals surface area contributed by atoms with Crippen LogP contribution in [0.1, 0.15) is 0 Å². The van der Waals surface area contributed by atoms with E-state index in [1.54, 1.807) is 18.3 Å². The predicted molar refractivity (Wildman–Crippen MR) is 79.2 cm³/mol. The Labute approximate surface area is 120 Å². The van der Waals surface area contributed by atoms with Gasteiger partial charge < -0.3 is 15.2 Å². The molecular weight excluding hydrogens is 271 g/mol. The summed E-state index contributed by atoms with van der Waals surface area (Å²) in [6, 6.07) is 11.9. The highest BCUT2D eigenvalue weighted by molar-refractivity contribution is 5.79. The molecule has 0 bridgehead atoms. The molecule has 4 nitrogen and oxygen atoms in total. The fourth-order valence-corrected chi connectivity index (χ4v) is 2.03. The van der Waals surface area contributed by atoms with Gasteiger partial charge in [-0.1, -0.05) is 6.07 Å². The number of ether oxygens (including phenoxy) is 2. The van der Waals surface area contributed by atoms with E-state index < -0.39 is 5.82 Å². The van der Waals surface area contributed by atoms with Crippen LogP contribution in [0.4, 0.5) is 10.1 Å². The number of fused-ring (bicyclic) bond motifs is 1. The van der Waals surface area contributed by atoms with Crippen molar-refractivity contribution in [2.24, 2.45) is 0 Å². The summed E-state index contributed by atoms with van der Waals surface area (Å²) in [6.07, 6.45) is 1.71. The molecular formula is C16H13FN2O2. The number of anilines is 1. The second kappa shape index (κ2) is 5.28. The van der Waals surface area contributed by atoms with E-state index >= 15 is 0 Å². The van der Waals surface area contributed by atoms with E-state index in [0.717, 1.165) is 10.9 Å². The number of aromatic nitrogens is 1. The minimum absolute atomic E-state index is 0.0816. The summed E-state index contributed by atoms with van der Waals surface area (Å²) >= 11 is 0. The SMILES string of the molecule is COc1cc(Oc2ccc3cccnc3c2)c(N)cc1F. The molecule has 0 atom stereocenters. The van der Waals surface area contributed by atoms with Crippen LogP contribution >= 0.6 is 0 Å². The van der Waals surface area contributed by atoms with E-state index in [1.807, 2.05) is 18.2 Å². The van der Waals surface area contributed by atoms with Gasteiger partial charge in [-0.15, -0.1) is 0 Å². The molecule has 3 aromatic rings. The van der Waals surface area contributed by atoms with Crippen LogP contribution in [0.5, 0.6) is 17.2 Å². The Morgan fingerprint density at radius 1 is 1.10 bits per heavy atom. The van der Waals surface area contributed by atoms with Crippen molar-refractivity contribution in [2.45, 2.75) is 0 Å². The highest BCUT2D eigenvalue weighted by atomic mass is 19.1. The number of rotatable bonds is 3. The predicted octanol–water partition coefficient (Wildman–Crippen LogP) is 3.76. The molecule has 0 saturated carbocycles. The van der Waals surface area contributed by atoms with E-state index in [0.29, 0.717) is 11.5 Å². The Balaban J connectivity index is 1.98. The topological polar surface area (TPSA) is 57.4 Å². The van der Waals surface area contributed by atoms with Gasteiger partial charge in [-0.25, -0.2) is 4.39 Å². The number of hydrogen-bond donors (Lipinski definition) is 1. The lowest BCUT2D eigenvalue weighted by molar-refractivity contribution is 0.382. The molecule has 0 aliphatic rings. The fourth-order valence-electron chi connectivity index (χ4n) is 2.03. The monoisotopic (exact) mass is 284 g/mol. The third-order valence-corrected chi connectivity index (χ3v) is 3.09. The minimum atomic E-state index is -0.525. The Bertz CT molecular complexity index is 805. The van der Waals surface area contributed by atoms with Crippen molar-refractivity contribution < 1.29 is 13.9 Å². The second-order valence-corrected chi connectivity index (χ2v) is 4.48. The van der Waals surface area contributed by atoms with E-state index in [1.165, 1.54) is 19.2 Å². The first-order valence-corrected chi connectivity index (χ1v) is 6.33. The van der Waals surface area contributed by atoms with Crippen molar-refractivity contribution in [1.82, 2.24) is 4.98 Å². The first-order chi connectivity index (χ1) is 10.2. The fraction of sp³-hybridized carbons (Fsp3) is 0.0625. The van der Waals surface area contributed by atoms with Gasteiger partial charge in [0.1, 0.15) is 5.75 Å². The number of pyridine rings is 1. The highest BCUT2D eigenvalue weighted by Crippen LogP contribution is 2.34. The average molecular weight is 284 g/mol. The van der Waals surface area contributed by atoms with Gasteiger partial charge in [0.25, 0.3) is 0 Å². The average Bonchev–Trinajstić information content (AvgIpc) is 2.50. The zero-order chi connectivity index (χ0) is 14.8. The van der Waals surface area contributed by atoms with Crippen LogP contribution < -0.4 is 15.2 Å². The van der Waals surface area contributed by atoms with Gasteiger partial charge >= 0.3 is 0 Å². The molecule has 0 radical (unpaired) electrons. The first kappa shape index (κ1) is 13.2. The minimum Gasteiger partial charge on any atom is -0.494 e. The van der Waals surface area contributed by atoms with Gasteiger partial charge in [0.15, 0.2) is 17.3 Å². The van der Waals surface area contributed by atoms with Gasteiger partial charge in [-0.05, 0) is 18.2 Å². The molecule has 0 aliphatic carbocycles. The number of nitrogen functional groups attached to an aromatic ring is 1. The van der Waals surface area contributed by atoms with Crippen LogP contribution in [-0.4, -0.2) is 12.1 Å². The molecule has 106 valence electrons. The second-order valence-electron chi connectivity index (χ2n) is 4.48. The summed E-state index contributed by atoms with van der Waals surface area (Å²) in [4.78, 5) is 4.26. The maximum atomic E-state index is 13.5. The zero-order valence-corrected chi connectivity index (χ0v) is 11.3. The maximum Gasteiger partial charge on any atom is 0.167 e. The Morgan fingerprint density at radius 2 is 1.95 bits per heavy atom. The van der Waals surface area contributed by atoms with Gasteiger partial charge in [-0.2, -0.15) is 0 Å². The van der Waals surface area contributed by atoms with Crippen molar-refractivity contribution in [1.29, 1.82) is 0 Å². The van der Waals surface area contributed by atoms with Crippen molar-refractivity contribution >= 4 is 16.6 Å². The van der Waals surface area contributed by atoms with Crippen LogP contribution in [0.15, 0.2) is 48.7 Å². The molecule has 3 rings (SSSR count). The lowest BCUT2D eigenvalue weighted by Gasteiger charge is -2.11. The van der Waals surface area contributed by atoms with Gasteiger partial charge in [0, 0.05) is 29.8 Å². The number of hydrogen-bond acceptors (Lipinski definition) is 4. The number of halogens is 1. The molecule has 21 heavy (non-hydrogen) atoms. The quantitative estimate of drug-likeness (QED) is 0.744. The molecule has 2 N–H and O–H groups in total. The van der Waals surface area contributed by atoms with Crippen molar-refractivity contribution in [3.8, 4) is 17.2 Å². The van der Waals surface area contributed by atoms with Crippen molar-refractivity contribution in [3.05, 3.63) is 54.5 Å². The summed E-state index contributed by atoms with van der Waals surface area (Å²) in [7, 11) is 1.39. The molecule has 0 aliphatic heterocycles. The third-order valence-electron chi connectivity index (χ3n) is 3.09. The zero-order valence-electron chi connectivity index (χ0n) is 11.3. The van der Waals surface area contributed by atoms with E-state index in [9.17, 15) is 4.39 Å². The number of nitrogens with zero attached hydrogens (tertiary/aromatic N) is 1. The van der Waals surface area contributed by atoms with Gasteiger partial charge in [-0.3, -0.25) is 4.98 Å². The molecule has 0 spiro atoms. The molecule has 0 unspecified atom stereocenters. The Kier molecular flexibility index (Phi) is 3.31. The Morgan fingerprint density at radius 3 is 2.76 bits per heavy atom. The van der Waals surface area contributed by atoms with Gasteiger partial charge in [0.2, 0.25) is 0 Å². The van der Waals surface area contributed by atoms with Gasteiger partial charge in [0.05, 0.1) is 18.3 Å². The lowest BCUT2D eigenvalue weighted by atomic mass is 10.2. The smallest absolute Gasteiger partial charge is 0.167 e. The molecule has 5 heteroatoms. The lowest BCUT2D eigenvalue weighted by Crippen LogP contribution is -1.96. The molecule has 1 aromatic heterocycles. The summed E-state index contributed by atoms with van der Waals surface area (Å²) < 4.78 is 24.1. The van der Waals surface area contributed by atoms with Crippen LogP contribution in [0.3, 0.4) is 0 Å². The normalized spacial score (nSPS) is 10.6. The van der Waals surface area contributed by atoms with E-state index in [4.69, 9.17) is 15.2 Å². The molecule has 1 heterocycles. The van der Waals surface area contributed by atoms with E-state index in [2.05, 4.69) is 4.98 Å². The molecule has 2 aromatic carbocycles. The van der Waals surface area contributed by atoms with Crippen molar-refractivity contribution in [3.63, 3.8) is 0 Å². The van der Waals surface area contributed by atoms with Crippen LogP contribution in [-0.2, 0) is 0 Å². The Hall–Kier alpha value is -2.82. The number of methoxy groups -OCH3 is 1. The van der Waals surface area contributed by atoms with Crippen LogP contribution in [0, 0.1) is 5.82 Å². The van der Waals surface area contributed by atoms with Crippen LogP contribution in [0.25, 0.3) is 10.9 Å². The van der Waals surface area contributed by atoms with Crippen molar-refractivity contribution in [2.75, 3.05) is 12.8 Å². The number of nitrogens with two attached hydrogens (primary N) is 1. The largest absolute Gasteiger partial charge is 0.494 e. The summed E-state index contributed by atoms with van der Waals surface area (Å²) in [5, 5.41) is 1.01. The molecule has 0 amide bonds. The number of benzene rings is 2. The summed E-state index contributed by atoms with van der Waals surface area (Å²) in [6.45, 7) is 0. The van der Waals surface area contributed by atoms with E-state index in [-0.39, 0.29) is 11.4 Å². The molecule has 0 saturated heterocycles.